The van der Waals surface area contributed by atoms with Crippen LogP contribution in [0, 0.1) is 0 Å². The van der Waals surface area contributed by atoms with Crippen molar-refractivity contribution >= 4 is 23.6 Å². The quantitative estimate of drug-likeness (QED) is 0.421. The standard InChI is InChI=1S/C8H8N2O3S/c11-8(12)10-2-5-4-14-7(1-9-13)6(5)3-10/h1,4,13H,2-3H2,(H,11,12). The lowest BCUT2D eigenvalue weighted by Crippen LogP contribution is -2.22. The smallest absolute Gasteiger partial charge is 0.407 e. The second kappa shape index (κ2) is 3.30. The summed E-state index contributed by atoms with van der Waals surface area (Å²) in [4.78, 5) is 12.8. The maximum absolute atomic E-state index is 10.7. The Labute approximate surface area is 83.9 Å². The highest BCUT2D eigenvalue weighted by atomic mass is 32.1. The number of carboxylic acid groups (broad SMARTS) is 1. The third-order valence-electron chi connectivity index (χ3n) is 2.17. The van der Waals surface area contributed by atoms with Gasteiger partial charge in [-0.25, -0.2) is 4.79 Å². The molecule has 0 atom stereocenters. The lowest BCUT2D eigenvalue weighted by molar-refractivity contribution is 0.145. The first kappa shape index (κ1) is 9.01. The van der Waals surface area contributed by atoms with Gasteiger partial charge in [0.25, 0.3) is 0 Å². The molecule has 1 aliphatic heterocycles. The summed E-state index contributed by atoms with van der Waals surface area (Å²) in [6.45, 7) is 0.815. The molecular weight excluding hydrogens is 204 g/mol. The van der Waals surface area contributed by atoms with Gasteiger partial charge in [0.05, 0.1) is 24.2 Å². The summed E-state index contributed by atoms with van der Waals surface area (Å²) in [7, 11) is 0. The van der Waals surface area contributed by atoms with E-state index in [0.29, 0.717) is 13.1 Å². The average Bonchev–Trinajstić information content (AvgIpc) is 2.67. The summed E-state index contributed by atoms with van der Waals surface area (Å²) in [6, 6.07) is 0. The van der Waals surface area contributed by atoms with Crippen molar-refractivity contribution in [1.29, 1.82) is 0 Å². The Morgan fingerprint density at radius 3 is 3.07 bits per heavy atom. The number of thiophene rings is 1. The highest BCUT2D eigenvalue weighted by molar-refractivity contribution is 7.12. The Morgan fingerprint density at radius 2 is 2.43 bits per heavy atom. The zero-order valence-electron chi connectivity index (χ0n) is 7.17. The topological polar surface area (TPSA) is 73.1 Å². The lowest BCUT2D eigenvalue weighted by atomic mass is 10.2. The second-order valence-corrected chi connectivity index (χ2v) is 3.90. The molecule has 0 aromatic carbocycles. The van der Waals surface area contributed by atoms with Crippen molar-refractivity contribution < 1.29 is 15.1 Å². The van der Waals surface area contributed by atoms with Crippen molar-refractivity contribution in [3.05, 3.63) is 21.4 Å². The number of rotatable bonds is 1. The van der Waals surface area contributed by atoms with Gasteiger partial charge in [0.1, 0.15) is 0 Å². The molecule has 2 N–H and O–H groups in total. The number of carbonyl (C=O) groups is 1. The second-order valence-electron chi connectivity index (χ2n) is 2.99. The molecule has 74 valence electrons. The average molecular weight is 212 g/mol. The Balaban J connectivity index is 2.27. The van der Waals surface area contributed by atoms with Crippen LogP contribution in [0.3, 0.4) is 0 Å². The Kier molecular flexibility index (Phi) is 2.12. The van der Waals surface area contributed by atoms with Crippen LogP contribution in [0.25, 0.3) is 0 Å². The molecule has 1 aliphatic rings. The molecule has 0 radical (unpaired) electrons. The van der Waals surface area contributed by atoms with E-state index in [4.69, 9.17) is 10.3 Å². The number of fused-ring (bicyclic) bond motifs is 1. The summed E-state index contributed by atoms with van der Waals surface area (Å²) >= 11 is 1.46. The van der Waals surface area contributed by atoms with E-state index in [1.54, 1.807) is 0 Å². The van der Waals surface area contributed by atoms with Crippen LogP contribution in [0.1, 0.15) is 16.0 Å². The molecule has 0 unspecified atom stereocenters. The van der Waals surface area contributed by atoms with Gasteiger partial charge < -0.3 is 10.3 Å². The number of hydrogen-bond donors (Lipinski definition) is 2. The molecule has 1 aromatic heterocycles. The summed E-state index contributed by atoms with van der Waals surface area (Å²) in [6.07, 6.45) is 0.424. The molecule has 1 amide bonds. The molecule has 1 aromatic rings. The molecule has 0 fully saturated rings. The first-order valence-corrected chi connectivity index (χ1v) is 4.85. The van der Waals surface area contributed by atoms with Gasteiger partial charge in [-0.15, -0.1) is 11.3 Å². The molecule has 0 saturated heterocycles. The molecule has 0 aliphatic carbocycles. The SMILES string of the molecule is O=C(O)N1Cc2csc(C=NO)c2C1. The van der Waals surface area contributed by atoms with Gasteiger partial charge >= 0.3 is 6.09 Å². The van der Waals surface area contributed by atoms with E-state index in [1.165, 1.54) is 22.5 Å². The summed E-state index contributed by atoms with van der Waals surface area (Å²) in [5.41, 5.74) is 1.96. The normalized spacial score (nSPS) is 15.0. The van der Waals surface area contributed by atoms with Crippen LogP contribution in [0.2, 0.25) is 0 Å². The van der Waals surface area contributed by atoms with E-state index in [1.807, 2.05) is 5.38 Å². The molecule has 2 heterocycles. The van der Waals surface area contributed by atoms with Crippen LogP contribution in [0.5, 0.6) is 0 Å². The van der Waals surface area contributed by atoms with E-state index in [0.717, 1.165) is 16.0 Å². The van der Waals surface area contributed by atoms with Crippen molar-refractivity contribution in [2.75, 3.05) is 0 Å². The van der Waals surface area contributed by atoms with E-state index in [2.05, 4.69) is 5.16 Å². The van der Waals surface area contributed by atoms with Gasteiger partial charge in [-0.1, -0.05) is 5.16 Å². The summed E-state index contributed by atoms with van der Waals surface area (Å²) in [5, 5.41) is 22.0. The third-order valence-corrected chi connectivity index (χ3v) is 3.18. The maximum Gasteiger partial charge on any atom is 0.407 e. The number of amides is 1. The third kappa shape index (κ3) is 1.33. The van der Waals surface area contributed by atoms with E-state index in [9.17, 15) is 4.79 Å². The predicted octanol–water partition coefficient (Wildman–Crippen LogP) is 1.55. The number of oxime groups is 1. The first-order valence-electron chi connectivity index (χ1n) is 3.97. The van der Waals surface area contributed by atoms with E-state index in [-0.39, 0.29) is 0 Å². The Morgan fingerprint density at radius 1 is 1.64 bits per heavy atom. The molecule has 0 bridgehead atoms. The van der Waals surface area contributed by atoms with Crippen molar-refractivity contribution in [2.45, 2.75) is 13.1 Å². The van der Waals surface area contributed by atoms with Gasteiger partial charge in [0, 0.05) is 0 Å². The van der Waals surface area contributed by atoms with Gasteiger partial charge in [0.15, 0.2) is 0 Å². The first-order chi connectivity index (χ1) is 6.72. The van der Waals surface area contributed by atoms with E-state index >= 15 is 0 Å². The van der Waals surface area contributed by atoms with Gasteiger partial charge in [-0.05, 0) is 16.5 Å². The minimum atomic E-state index is -0.918. The largest absolute Gasteiger partial charge is 0.465 e. The van der Waals surface area contributed by atoms with Crippen LogP contribution in [-0.4, -0.2) is 27.5 Å². The van der Waals surface area contributed by atoms with Crippen LogP contribution < -0.4 is 0 Å². The minimum absolute atomic E-state index is 0.384. The molecule has 2 rings (SSSR count). The fraction of sp³-hybridized carbons (Fsp3) is 0.250. The highest BCUT2D eigenvalue weighted by Crippen LogP contribution is 2.29. The van der Waals surface area contributed by atoms with Gasteiger partial charge in [-0.3, -0.25) is 4.90 Å². The fourth-order valence-electron chi connectivity index (χ4n) is 1.50. The van der Waals surface area contributed by atoms with Crippen molar-refractivity contribution in [3.63, 3.8) is 0 Å². The fourth-order valence-corrected chi connectivity index (χ4v) is 2.43. The summed E-state index contributed by atoms with van der Waals surface area (Å²) < 4.78 is 0. The van der Waals surface area contributed by atoms with Crippen molar-refractivity contribution in [2.24, 2.45) is 5.16 Å². The van der Waals surface area contributed by atoms with Crippen molar-refractivity contribution in [3.8, 4) is 0 Å². The Bertz CT molecular complexity index is 399. The molecule has 0 saturated carbocycles. The lowest BCUT2D eigenvalue weighted by Gasteiger charge is -2.09. The number of nitrogens with zero attached hydrogens (tertiary/aromatic N) is 2. The highest BCUT2D eigenvalue weighted by Gasteiger charge is 2.25. The van der Waals surface area contributed by atoms with E-state index < -0.39 is 6.09 Å². The Hall–Kier alpha value is -1.56. The zero-order valence-corrected chi connectivity index (χ0v) is 7.99. The minimum Gasteiger partial charge on any atom is -0.465 e. The molecule has 14 heavy (non-hydrogen) atoms. The monoisotopic (exact) mass is 212 g/mol. The predicted molar refractivity (Wildman–Crippen MR) is 51.0 cm³/mol. The molecule has 0 spiro atoms. The molecular formula is C8H8N2O3S. The summed E-state index contributed by atoms with van der Waals surface area (Å²) in [5.74, 6) is 0. The molecule has 6 heteroatoms. The van der Waals surface area contributed by atoms with Crippen LogP contribution in [-0.2, 0) is 13.1 Å². The van der Waals surface area contributed by atoms with Crippen LogP contribution >= 0.6 is 11.3 Å². The van der Waals surface area contributed by atoms with Crippen LogP contribution in [0.4, 0.5) is 4.79 Å². The molecule has 5 nitrogen and oxygen atoms in total. The van der Waals surface area contributed by atoms with Crippen LogP contribution in [0.15, 0.2) is 10.5 Å². The zero-order chi connectivity index (χ0) is 10.1. The van der Waals surface area contributed by atoms with Gasteiger partial charge in [0.2, 0.25) is 0 Å². The van der Waals surface area contributed by atoms with Gasteiger partial charge in [-0.2, -0.15) is 0 Å². The van der Waals surface area contributed by atoms with Crippen molar-refractivity contribution in [1.82, 2.24) is 4.90 Å². The maximum atomic E-state index is 10.7. The number of hydrogen-bond acceptors (Lipinski definition) is 4.